The summed E-state index contributed by atoms with van der Waals surface area (Å²) in [6.45, 7) is 3.63. The lowest BCUT2D eigenvalue weighted by molar-refractivity contribution is -0.119. The summed E-state index contributed by atoms with van der Waals surface area (Å²) in [5.74, 6) is 1.71. The third-order valence-corrected chi connectivity index (χ3v) is 3.55. The van der Waals surface area contributed by atoms with Gasteiger partial charge >= 0.3 is 0 Å². The maximum atomic E-state index is 11.8. The molecule has 0 aliphatic heterocycles. The van der Waals surface area contributed by atoms with Crippen molar-refractivity contribution in [2.75, 3.05) is 14.2 Å². The minimum Gasteiger partial charge on any atom is -0.496 e. The average molecular weight is 234 g/mol. The number of rotatable bonds is 4. The SMILES string of the molecule is COc1cc(C)cc(OC)c1C1(C(C)=O)CC1. The molecule has 0 radical (unpaired) electrons. The highest BCUT2D eigenvalue weighted by atomic mass is 16.5. The number of carbonyl (C=O) groups is 1. The van der Waals surface area contributed by atoms with Crippen molar-refractivity contribution in [3.8, 4) is 11.5 Å². The molecule has 0 atom stereocenters. The number of hydrogen-bond donors (Lipinski definition) is 0. The molecule has 0 amide bonds. The predicted octanol–water partition coefficient (Wildman–Crippen LogP) is 2.63. The Labute approximate surface area is 102 Å². The second-order valence-corrected chi connectivity index (χ2v) is 4.68. The summed E-state index contributed by atoms with van der Waals surface area (Å²) in [6.07, 6.45) is 1.77. The molecule has 1 aliphatic rings. The van der Waals surface area contributed by atoms with Gasteiger partial charge in [-0.1, -0.05) is 0 Å². The molecule has 1 aromatic rings. The normalized spacial score (nSPS) is 16.5. The lowest BCUT2D eigenvalue weighted by Crippen LogP contribution is -2.19. The molecule has 3 nitrogen and oxygen atoms in total. The molecule has 3 heteroatoms. The van der Waals surface area contributed by atoms with E-state index in [1.54, 1.807) is 21.1 Å². The number of methoxy groups -OCH3 is 2. The Kier molecular flexibility index (Phi) is 2.86. The first-order valence-corrected chi connectivity index (χ1v) is 5.79. The molecule has 0 heterocycles. The molecule has 0 N–H and O–H groups in total. The molecule has 1 saturated carbocycles. The van der Waals surface area contributed by atoms with Crippen LogP contribution in [0.15, 0.2) is 12.1 Å². The molecule has 0 bridgehead atoms. The highest BCUT2D eigenvalue weighted by Gasteiger charge is 2.52. The van der Waals surface area contributed by atoms with Gasteiger partial charge < -0.3 is 9.47 Å². The van der Waals surface area contributed by atoms with Crippen molar-refractivity contribution < 1.29 is 14.3 Å². The van der Waals surface area contributed by atoms with E-state index in [1.165, 1.54) is 0 Å². The van der Waals surface area contributed by atoms with Crippen molar-refractivity contribution in [1.82, 2.24) is 0 Å². The number of benzene rings is 1. The maximum Gasteiger partial charge on any atom is 0.140 e. The summed E-state index contributed by atoms with van der Waals surface area (Å²) in [7, 11) is 3.27. The van der Waals surface area contributed by atoms with Gasteiger partial charge in [0.05, 0.1) is 19.6 Å². The monoisotopic (exact) mass is 234 g/mol. The van der Waals surface area contributed by atoms with Crippen LogP contribution in [-0.4, -0.2) is 20.0 Å². The second kappa shape index (κ2) is 4.06. The molecular weight excluding hydrogens is 216 g/mol. The van der Waals surface area contributed by atoms with Gasteiger partial charge in [-0.05, 0) is 44.4 Å². The largest absolute Gasteiger partial charge is 0.496 e. The van der Waals surface area contributed by atoms with Crippen LogP contribution >= 0.6 is 0 Å². The molecule has 17 heavy (non-hydrogen) atoms. The van der Waals surface area contributed by atoms with E-state index in [9.17, 15) is 4.79 Å². The van der Waals surface area contributed by atoms with Gasteiger partial charge in [-0.2, -0.15) is 0 Å². The van der Waals surface area contributed by atoms with E-state index < -0.39 is 0 Å². The van der Waals surface area contributed by atoms with Gasteiger partial charge in [0.15, 0.2) is 0 Å². The Bertz CT molecular complexity index is 434. The van der Waals surface area contributed by atoms with Crippen molar-refractivity contribution in [3.05, 3.63) is 23.3 Å². The first-order valence-electron chi connectivity index (χ1n) is 5.79. The second-order valence-electron chi connectivity index (χ2n) is 4.68. The summed E-state index contributed by atoms with van der Waals surface area (Å²) in [4.78, 5) is 11.8. The molecule has 0 spiro atoms. The fourth-order valence-electron chi connectivity index (χ4n) is 2.42. The standard InChI is InChI=1S/C14H18O3/c1-9-7-11(16-3)13(12(8-9)17-4)14(5-6-14)10(2)15/h7-8H,5-6H2,1-4H3. The van der Waals surface area contributed by atoms with Gasteiger partial charge in [0.1, 0.15) is 17.3 Å². The van der Waals surface area contributed by atoms with Crippen LogP contribution in [0.2, 0.25) is 0 Å². The van der Waals surface area contributed by atoms with Crippen molar-refractivity contribution in [3.63, 3.8) is 0 Å². The smallest absolute Gasteiger partial charge is 0.140 e. The summed E-state index contributed by atoms with van der Waals surface area (Å²) in [5, 5.41) is 0. The van der Waals surface area contributed by atoms with Crippen LogP contribution in [-0.2, 0) is 10.2 Å². The molecule has 1 fully saturated rings. The number of aryl methyl sites for hydroxylation is 1. The minimum absolute atomic E-state index is 0.193. The molecule has 1 aliphatic carbocycles. The fraction of sp³-hybridized carbons (Fsp3) is 0.500. The number of hydrogen-bond acceptors (Lipinski definition) is 3. The molecule has 2 rings (SSSR count). The minimum atomic E-state index is -0.371. The first kappa shape index (κ1) is 12.0. The maximum absolute atomic E-state index is 11.8. The van der Waals surface area contributed by atoms with E-state index in [0.717, 1.165) is 35.5 Å². The van der Waals surface area contributed by atoms with E-state index in [-0.39, 0.29) is 11.2 Å². The van der Waals surface area contributed by atoms with Crippen LogP contribution in [0.3, 0.4) is 0 Å². The predicted molar refractivity (Wildman–Crippen MR) is 65.9 cm³/mol. The lowest BCUT2D eigenvalue weighted by Gasteiger charge is -2.20. The van der Waals surface area contributed by atoms with Gasteiger partial charge in [-0.15, -0.1) is 0 Å². The van der Waals surface area contributed by atoms with Crippen molar-refractivity contribution >= 4 is 5.78 Å². The van der Waals surface area contributed by atoms with Crippen molar-refractivity contribution in [2.45, 2.75) is 32.1 Å². The Hall–Kier alpha value is -1.51. The number of Topliss-reactive ketones (excluding diaryl/α,β-unsaturated/α-hetero) is 1. The van der Waals surface area contributed by atoms with Crippen molar-refractivity contribution in [2.24, 2.45) is 0 Å². The molecule has 1 aromatic carbocycles. The number of carbonyl (C=O) groups excluding carboxylic acids is 1. The van der Waals surface area contributed by atoms with Gasteiger partial charge in [-0.3, -0.25) is 4.79 Å². The Morgan fingerprint density at radius 1 is 1.18 bits per heavy atom. The number of ketones is 1. The zero-order valence-electron chi connectivity index (χ0n) is 10.8. The molecule has 0 aromatic heterocycles. The zero-order chi connectivity index (χ0) is 12.6. The zero-order valence-corrected chi connectivity index (χ0v) is 10.8. The Balaban J connectivity index is 2.63. The Morgan fingerprint density at radius 3 is 1.94 bits per heavy atom. The van der Waals surface area contributed by atoms with E-state index in [4.69, 9.17) is 9.47 Å². The van der Waals surface area contributed by atoms with Gasteiger partial charge in [0, 0.05) is 5.56 Å². The summed E-state index contributed by atoms with van der Waals surface area (Å²) >= 11 is 0. The van der Waals surface area contributed by atoms with Gasteiger partial charge in [0.25, 0.3) is 0 Å². The van der Waals surface area contributed by atoms with Crippen LogP contribution in [0, 0.1) is 6.92 Å². The molecule has 92 valence electrons. The third kappa shape index (κ3) is 1.79. The van der Waals surface area contributed by atoms with Crippen LogP contribution in [0.25, 0.3) is 0 Å². The average Bonchev–Trinajstić information content (AvgIpc) is 3.08. The number of ether oxygens (including phenoxy) is 2. The lowest BCUT2D eigenvalue weighted by atomic mass is 9.89. The third-order valence-electron chi connectivity index (χ3n) is 3.55. The van der Waals surface area contributed by atoms with Crippen LogP contribution < -0.4 is 9.47 Å². The van der Waals surface area contributed by atoms with Crippen LogP contribution in [0.4, 0.5) is 0 Å². The summed E-state index contributed by atoms with van der Waals surface area (Å²) in [6, 6.07) is 3.92. The van der Waals surface area contributed by atoms with E-state index in [1.807, 2.05) is 19.1 Å². The topological polar surface area (TPSA) is 35.5 Å². The van der Waals surface area contributed by atoms with E-state index in [0.29, 0.717) is 0 Å². The quantitative estimate of drug-likeness (QED) is 0.803. The fourth-order valence-corrected chi connectivity index (χ4v) is 2.42. The molecular formula is C14H18O3. The molecule has 0 unspecified atom stereocenters. The highest BCUT2D eigenvalue weighted by Crippen LogP contribution is 2.55. The van der Waals surface area contributed by atoms with Crippen LogP contribution in [0.5, 0.6) is 11.5 Å². The highest BCUT2D eigenvalue weighted by molar-refractivity contribution is 5.93. The summed E-state index contributed by atoms with van der Waals surface area (Å²) in [5.41, 5.74) is 1.62. The van der Waals surface area contributed by atoms with Crippen molar-refractivity contribution in [1.29, 1.82) is 0 Å². The molecule has 0 saturated heterocycles. The van der Waals surface area contributed by atoms with Gasteiger partial charge in [-0.25, -0.2) is 0 Å². The van der Waals surface area contributed by atoms with E-state index in [2.05, 4.69) is 0 Å². The first-order chi connectivity index (χ1) is 8.05. The van der Waals surface area contributed by atoms with E-state index >= 15 is 0 Å². The Morgan fingerprint density at radius 2 is 1.65 bits per heavy atom. The van der Waals surface area contributed by atoms with Gasteiger partial charge in [0.2, 0.25) is 0 Å². The summed E-state index contributed by atoms with van der Waals surface area (Å²) < 4.78 is 10.8. The van der Waals surface area contributed by atoms with Crippen LogP contribution in [0.1, 0.15) is 30.9 Å².